The number of hydrogen-bond acceptors (Lipinski definition) is 2. The van der Waals surface area contributed by atoms with Crippen LogP contribution in [-0.2, 0) is 0 Å². The molecule has 0 aliphatic heterocycles. The minimum atomic E-state index is 0.675. The van der Waals surface area contributed by atoms with Gasteiger partial charge in [-0.25, -0.2) is 0 Å². The Labute approximate surface area is 102 Å². The lowest BCUT2D eigenvalue weighted by Crippen LogP contribution is -2.44. The van der Waals surface area contributed by atoms with Crippen molar-refractivity contribution < 1.29 is 0 Å². The Morgan fingerprint density at radius 2 is 1.69 bits per heavy atom. The zero-order valence-electron chi connectivity index (χ0n) is 11.6. The van der Waals surface area contributed by atoms with Crippen molar-refractivity contribution in [3.63, 3.8) is 0 Å². The van der Waals surface area contributed by atoms with E-state index in [-0.39, 0.29) is 0 Å². The second-order valence-electron chi connectivity index (χ2n) is 5.44. The van der Waals surface area contributed by atoms with Gasteiger partial charge in [-0.2, -0.15) is 0 Å². The topological polar surface area (TPSA) is 15.3 Å². The molecule has 2 heteroatoms. The lowest BCUT2D eigenvalue weighted by atomic mass is 9.87. The molecule has 2 nitrogen and oxygen atoms in total. The van der Waals surface area contributed by atoms with Crippen LogP contribution in [0.1, 0.15) is 53.4 Å². The highest BCUT2D eigenvalue weighted by atomic mass is 15.2. The molecule has 0 radical (unpaired) electrons. The molecule has 0 aromatic carbocycles. The van der Waals surface area contributed by atoms with Crippen LogP contribution in [0.5, 0.6) is 0 Å². The molecular formula is C14H30N2. The third-order valence-corrected chi connectivity index (χ3v) is 4.15. The van der Waals surface area contributed by atoms with Crippen LogP contribution in [0, 0.1) is 5.92 Å². The van der Waals surface area contributed by atoms with Gasteiger partial charge in [0.2, 0.25) is 0 Å². The molecule has 0 heterocycles. The van der Waals surface area contributed by atoms with Crippen molar-refractivity contribution in [2.24, 2.45) is 5.92 Å². The SMILES string of the molecule is CCN(CC)C(C)CNC1CCC(C)CC1. The summed E-state index contributed by atoms with van der Waals surface area (Å²) in [4.78, 5) is 2.53. The molecule has 1 fully saturated rings. The van der Waals surface area contributed by atoms with Gasteiger partial charge in [-0.15, -0.1) is 0 Å². The standard InChI is InChI=1S/C14H30N2/c1-5-16(6-2)13(4)11-15-14-9-7-12(3)8-10-14/h12-15H,5-11H2,1-4H3. The smallest absolute Gasteiger partial charge is 0.0192 e. The van der Waals surface area contributed by atoms with Gasteiger partial charge < -0.3 is 5.32 Å². The average Bonchev–Trinajstić information content (AvgIpc) is 2.30. The predicted molar refractivity (Wildman–Crippen MR) is 71.8 cm³/mol. The summed E-state index contributed by atoms with van der Waals surface area (Å²) in [6, 6.07) is 1.46. The number of nitrogens with zero attached hydrogens (tertiary/aromatic N) is 1. The molecule has 16 heavy (non-hydrogen) atoms. The highest BCUT2D eigenvalue weighted by Gasteiger charge is 2.18. The molecule has 1 rings (SSSR count). The van der Waals surface area contributed by atoms with Crippen LogP contribution in [0.25, 0.3) is 0 Å². The molecule has 1 unspecified atom stereocenters. The van der Waals surface area contributed by atoms with Gasteiger partial charge in [-0.05, 0) is 51.6 Å². The first-order valence-corrected chi connectivity index (χ1v) is 7.14. The quantitative estimate of drug-likeness (QED) is 0.749. The van der Waals surface area contributed by atoms with E-state index in [1.807, 2.05) is 0 Å². The number of rotatable bonds is 6. The maximum absolute atomic E-state index is 3.75. The highest BCUT2D eigenvalue weighted by Crippen LogP contribution is 2.23. The number of nitrogens with one attached hydrogen (secondary N) is 1. The van der Waals surface area contributed by atoms with Crippen LogP contribution in [0.2, 0.25) is 0 Å². The summed E-state index contributed by atoms with van der Waals surface area (Å²) < 4.78 is 0. The van der Waals surface area contributed by atoms with Gasteiger partial charge in [0.1, 0.15) is 0 Å². The van der Waals surface area contributed by atoms with E-state index in [4.69, 9.17) is 0 Å². The number of hydrogen-bond donors (Lipinski definition) is 1. The zero-order valence-corrected chi connectivity index (χ0v) is 11.6. The van der Waals surface area contributed by atoms with Crippen molar-refractivity contribution in [3.8, 4) is 0 Å². The summed E-state index contributed by atoms with van der Waals surface area (Å²) in [6.07, 6.45) is 5.59. The molecule has 96 valence electrons. The highest BCUT2D eigenvalue weighted by molar-refractivity contribution is 4.77. The fourth-order valence-electron chi connectivity index (χ4n) is 2.78. The van der Waals surface area contributed by atoms with Crippen LogP contribution >= 0.6 is 0 Å². The second-order valence-corrected chi connectivity index (χ2v) is 5.44. The van der Waals surface area contributed by atoms with Gasteiger partial charge in [0.15, 0.2) is 0 Å². The first-order valence-electron chi connectivity index (χ1n) is 7.14. The third kappa shape index (κ3) is 4.42. The van der Waals surface area contributed by atoms with E-state index in [0.29, 0.717) is 6.04 Å². The molecule has 1 saturated carbocycles. The maximum atomic E-state index is 3.75. The lowest BCUT2D eigenvalue weighted by Gasteiger charge is -2.31. The molecule has 0 aromatic rings. The van der Waals surface area contributed by atoms with E-state index in [9.17, 15) is 0 Å². The Hall–Kier alpha value is -0.0800. The molecule has 0 bridgehead atoms. The van der Waals surface area contributed by atoms with Gasteiger partial charge >= 0.3 is 0 Å². The minimum absolute atomic E-state index is 0.675. The number of likely N-dealkylation sites (N-methyl/N-ethyl adjacent to an activating group) is 1. The van der Waals surface area contributed by atoms with Crippen molar-refractivity contribution in [1.29, 1.82) is 0 Å². The van der Waals surface area contributed by atoms with Gasteiger partial charge in [-0.3, -0.25) is 4.90 Å². The molecule has 0 amide bonds. The van der Waals surface area contributed by atoms with Crippen molar-refractivity contribution in [3.05, 3.63) is 0 Å². The second kappa shape index (κ2) is 7.29. The third-order valence-electron chi connectivity index (χ3n) is 4.15. The molecular weight excluding hydrogens is 196 g/mol. The van der Waals surface area contributed by atoms with Gasteiger partial charge in [0.05, 0.1) is 0 Å². The Morgan fingerprint density at radius 3 is 2.19 bits per heavy atom. The van der Waals surface area contributed by atoms with Crippen LogP contribution in [0.4, 0.5) is 0 Å². The first-order chi connectivity index (χ1) is 7.67. The largest absolute Gasteiger partial charge is 0.312 e. The van der Waals surface area contributed by atoms with Crippen LogP contribution in [-0.4, -0.2) is 36.6 Å². The van der Waals surface area contributed by atoms with E-state index in [2.05, 4.69) is 37.9 Å². The fraction of sp³-hybridized carbons (Fsp3) is 1.00. The molecule has 0 saturated heterocycles. The summed E-state index contributed by atoms with van der Waals surface area (Å²) in [5.74, 6) is 0.957. The van der Waals surface area contributed by atoms with Crippen LogP contribution in [0.15, 0.2) is 0 Å². The Kier molecular flexibility index (Phi) is 6.37. The van der Waals surface area contributed by atoms with Crippen molar-refractivity contribution >= 4 is 0 Å². The summed E-state index contributed by atoms with van der Waals surface area (Å²) in [5.41, 5.74) is 0. The van der Waals surface area contributed by atoms with E-state index in [0.717, 1.165) is 18.5 Å². The van der Waals surface area contributed by atoms with E-state index in [1.54, 1.807) is 0 Å². The van der Waals surface area contributed by atoms with Gasteiger partial charge in [-0.1, -0.05) is 20.8 Å². The van der Waals surface area contributed by atoms with Crippen molar-refractivity contribution in [2.75, 3.05) is 19.6 Å². The fourth-order valence-corrected chi connectivity index (χ4v) is 2.78. The van der Waals surface area contributed by atoms with E-state index >= 15 is 0 Å². The molecule has 1 aliphatic rings. The maximum Gasteiger partial charge on any atom is 0.0192 e. The van der Waals surface area contributed by atoms with Crippen LogP contribution in [0.3, 0.4) is 0 Å². The Bertz CT molecular complexity index is 170. The molecule has 0 spiro atoms. The Morgan fingerprint density at radius 1 is 1.12 bits per heavy atom. The van der Waals surface area contributed by atoms with Gasteiger partial charge in [0, 0.05) is 18.6 Å². The predicted octanol–water partition coefficient (Wildman–Crippen LogP) is 2.89. The molecule has 1 atom stereocenters. The average molecular weight is 226 g/mol. The monoisotopic (exact) mass is 226 g/mol. The van der Waals surface area contributed by atoms with Crippen molar-refractivity contribution in [1.82, 2.24) is 10.2 Å². The summed E-state index contributed by atoms with van der Waals surface area (Å²) in [7, 11) is 0. The van der Waals surface area contributed by atoms with Crippen molar-refractivity contribution in [2.45, 2.75) is 65.5 Å². The summed E-state index contributed by atoms with van der Waals surface area (Å²) in [5, 5.41) is 3.75. The summed E-state index contributed by atoms with van der Waals surface area (Å²) >= 11 is 0. The van der Waals surface area contributed by atoms with E-state index < -0.39 is 0 Å². The molecule has 1 N–H and O–H groups in total. The first kappa shape index (κ1) is 14.0. The Balaban J connectivity index is 2.18. The van der Waals surface area contributed by atoms with E-state index in [1.165, 1.54) is 38.8 Å². The normalized spacial score (nSPS) is 28.3. The van der Waals surface area contributed by atoms with Crippen LogP contribution < -0.4 is 5.32 Å². The van der Waals surface area contributed by atoms with Gasteiger partial charge in [0.25, 0.3) is 0 Å². The minimum Gasteiger partial charge on any atom is -0.312 e. The lowest BCUT2D eigenvalue weighted by molar-refractivity contribution is 0.210. The molecule has 1 aliphatic carbocycles. The zero-order chi connectivity index (χ0) is 12.0. The molecule has 0 aromatic heterocycles. The summed E-state index contributed by atoms with van der Waals surface area (Å²) in [6.45, 7) is 12.7.